The Morgan fingerprint density at radius 1 is 1.12 bits per heavy atom. The summed E-state index contributed by atoms with van der Waals surface area (Å²) < 4.78 is 41.7. The van der Waals surface area contributed by atoms with Gasteiger partial charge in [0.05, 0.1) is 18.6 Å². The average Bonchev–Trinajstić information content (AvgIpc) is 3.18. The number of rotatable bonds is 11. The number of carbonyl (C=O) groups is 1. The summed E-state index contributed by atoms with van der Waals surface area (Å²) in [6, 6.07) is 17.4. The summed E-state index contributed by atoms with van der Waals surface area (Å²) in [6.07, 6.45) is -0.0902. The van der Waals surface area contributed by atoms with Gasteiger partial charge in [0.25, 0.3) is 0 Å². The molecule has 10 heteroatoms. The number of carboxylic acid groups (broad SMARTS) is 1. The number of methoxy groups -OCH3 is 1. The topological polar surface area (TPSA) is 107 Å². The number of hydrogen-bond donors (Lipinski definition) is 2. The summed E-state index contributed by atoms with van der Waals surface area (Å²) in [4.78, 5) is 12.2. The molecule has 8 nitrogen and oxygen atoms in total. The number of benzene rings is 3. The van der Waals surface area contributed by atoms with E-state index >= 15 is 0 Å². The first-order valence-electron chi connectivity index (χ1n) is 12.4. The molecule has 0 aliphatic carbocycles. The minimum Gasteiger partial charge on any atom is -0.496 e. The normalized spacial score (nSPS) is 12.0. The van der Waals surface area contributed by atoms with E-state index in [0.29, 0.717) is 22.9 Å². The largest absolute Gasteiger partial charge is 0.496 e. The van der Waals surface area contributed by atoms with Crippen LogP contribution in [0.1, 0.15) is 23.7 Å². The Hall–Kier alpha value is -3.97. The first-order valence-corrected chi connectivity index (χ1v) is 14.3. The molecule has 4 rings (SSSR count). The number of carboxylic acids is 1. The van der Waals surface area contributed by atoms with Crippen molar-refractivity contribution in [2.24, 2.45) is 0 Å². The Morgan fingerprint density at radius 3 is 2.52 bits per heavy atom. The molecule has 2 N–H and O–H groups in total. The molecule has 3 aromatic carbocycles. The van der Waals surface area contributed by atoms with Crippen molar-refractivity contribution < 1.29 is 27.8 Å². The quantitative estimate of drug-likeness (QED) is 0.241. The van der Waals surface area contributed by atoms with Crippen LogP contribution < -0.4 is 14.2 Å². The maximum Gasteiger partial charge on any atom is 0.322 e. The van der Waals surface area contributed by atoms with Gasteiger partial charge in [-0.15, -0.1) is 5.92 Å². The summed E-state index contributed by atoms with van der Waals surface area (Å²) in [5, 5.41) is 11.3. The van der Waals surface area contributed by atoms with Crippen LogP contribution in [0.2, 0.25) is 5.02 Å². The molecule has 0 amide bonds. The average molecular weight is 581 g/mol. The predicted octanol–water partition coefficient (Wildman–Crippen LogP) is 5.04. The van der Waals surface area contributed by atoms with Crippen molar-refractivity contribution in [1.82, 2.24) is 9.29 Å². The molecular weight excluding hydrogens is 552 g/mol. The first-order chi connectivity index (χ1) is 19.1. The second kappa shape index (κ2) is 12.5. The highest BCUT2D eigenvalue weighted by molar-refractivity contribution is 7.89. The van der Waals surface area contributed by atoms with Gasteiger partial charge in [-0.25, -0.2) is 8.42 Å². The van der Waals surface area contributed by atoms with Crippen LogP contribution in [0.4, 0.5) is 0 Å². The smallest absolute Gasteiger partial charge is 0.322 e. The fraction of sp³-hybridized carbons (Fsp3) is 0.233. The fourth-order valence-corrected chi connectivity index (χ4v) is 5.90. The van der Waals surface area contributed by atoms with Crippen LogP contribution in [0.15, 0.2) is 71.6 Å². The molecule has 1 heterocycles. The van der Waals surface area contributed by atoms with Crippen molar-refractivity contribution in [3.8, 4) is 23.3 Å². The lowest BCUT2D eigenvalue weighted by molar-refractivity contribution is -0.138. The second-order valence-electron chi connectivity index (χ2n) is 9.03. The molecule has 0 spiro atoms. The van der Waals surface area contributed by atoms with Crippen LogP contribution in [0.5, 0.6) is 11.5 Å². The van der Waals surface area contributed by atoms with E-state index in [1.54, 1.807) is 26.2 Å². The zero-order valence-electron chi connectivity index (χ0n) is 22.3. The summed E-state index contributed by atoms with van der Waals surface area (Å²) >= 11 is 6.32. The molecule has 0 aliphatic heterocycles. The minimum atomic E-state index is -4.16. The second-order valence-corrected chi connectivity index (χ2v) is 11.2. The number of halogens is 1. The minimum absolute atomic E-state index is 0.0777. The lowest BCUT2D eigenvalue weighted by atomic mass is 10.0. The number of hydrogen-bond acceptors (Lipinski definition) is 5. The van der Waals surface area contributed by atoms with Gasteiger partial charge in [-0.2, -0.15) is 4.72 Å². The van der Waals surface area contributed by atoms with Crippen molar-refractivity contribution in [2.75, 3.05) is 13.7 Å². The van der Waals surface area contributed by atoms with Crippen molar-refractivity contribution in [1.29, 1.82) is 0 Å². The third kappa shape index (κ3) is 6.42. The Morgan fingerprint density at radius 2 is 1.85 bits per heavy atom. The fourth-order valence-electron chi connectivity index (χ4n) is 4.53. The molecule has 0 radical (unpaired) electrons. The van der Waals surface area contributed by atoms with E-state index < -0.39 is 22.0 Å². The third-order valence-electron chi connectivity index (χ3n) is 6.56. The molecule has 4 aromatic rings. The van der Waals surface area contributed by atoms with E-state index in [1.165, 1.54) is 24.3 Å². The Kier molecular flexibility index (Phi) is 9.05. The number of nitrogens with zero attached hydrogens (tertiary/aromatic N) is 1. The zero-order valence-corrected chi connectivity index (χ0v) is 23.8. The number of fused-ring (bicyclic) bond motifs is 1. The van der Waals surface area contributed by atoms with Gasteiger partial charge in [-0.3, -0.25) is 4.79 Å². The van der Waals surface area contributed by atoms with Gasteiger partial charge in [0.15, 0.2) is 0 Å². The van der Waals surface area contributed by atoms with Gasteiger partial charge in [-0.05, 0) is 67.9 Å². The zero-order chi connectivity index (χ0) is 28.9. The van der Waals surface area contributed by atoms with E-state index in [1.807, 2.05) is 41.8 Å². The highest BCUT2D eigenvalue weighted by Gasteiger charge is 2.28. The Bertz CT molecular complexity index is 1700. The lowest BCUT2D eigenvalue weighted by Crippen LogP contribution is -2.42. The molecule has 40 heavy (non-hydrogen) atoms. The predicted molar refractivity (Wildman–Crippen MR) is 155 cm³/mol. The molecule has 0 fully saturated rings. The van der Waals surface area contributed by atoms with Crippen molar-refractivity contribution in [3.63, 3.8) is 0 Å². The van der Waals surface area contributed by atoms with Crippen LogP contribution in [-0.4, -0.2) is 43.8 Å². The molecule has 0 saturated heterocycles. The first kappa shape index (κ1) is 29.0. The maximum atomic E-state index is 13.2. The number of aliphatic carboxylic acids is 1. The molecule has 0 unspecified atom stereocenters. The number of sulfonamides is 1. The molecular formula is C30H29ClN2O6S. The van der Waals surface area contributed by atoms with Gasteiger partial charge in [-0.1, -0.05) is 35.7 Å². The van der Waals surface area contributed by atoms with E-state index in [0.717, 1.165) is 27.9 Å². The van der Waals surface area contributed by atoms with E-state index in [-0.39, 0.29) is 17.9 Å². The number of ether oxygens (including phenoxy) is 2. The van der Waals surface area contributed by atoms with Crippen LogP contribution in [0, 0.1) is 18.8 Å². The van der Waals surface area contributed by atoms with Crippen molar-refractivity contribution in [3.05, 3.63) is 88.6 Å². The lowest BCUT2D eigenvalue weighted by Gasteiger charge is -2.16. The highest BCUT2D eigenvalue weighted by atomic mass is 35.5. The maximum absolute atomic E-state index is 13.2. The van der Waals surface area contributed by atoms with Crippen LogP contribution in [-0.2, 0) is 27.8 Å². The van der Waals surface area contributed by atoms with E-state index in [2.05, 4.69) is 16.6 Å². The monoisotopic (exact) mass is 580 g/mol. The van der Waals surface area contributed by atoms with Crippen LogP contribution in [0.25, 0.3) is 10.9 Å². The van der Waals surface area contributed by atoms with Crippen molar-refractivity contribution in [2.45, 2.75) is 37.8 Å². The summed E-state index contributed by atoms with van der Waals surface area (Å²) in [5.74, 6) is 5.35. The Labute approximate surface area is 238 Å². The summed E-state index contributed by atoms with van der Waals surface area (Å²) in [5.41, 5.74) is 3.27. The summed E-state index contributed by atoms with van der Waals surface area (Å²) in [6.45, 7) is 4.22. The third-order valence-corrected chi connectivity index (χ3v) is 8.29. The number of nitrogens with one attached hydrogen (secondary N) is 1. The molecule has 0 bridgehead atoms. The van der Waals surface area contributed by atoms with E-state index in [9.17, 15) is 18.3 Å². The van der Waals surface area contributed by atoms with Crippen molar-refractivity contribution >= 4 is 38.5 Å². The molecule has 1 atom stereocenters. The van der Waals surface area contributed by atoms with E-state index in [4.69, 9.17) is 21.1 Å². The van der Waals surface area contributed by atoms with Crippen LogP contribution in [0.3, 0.4) is 0 Å². The molecule has 208 valence electrons. The Balaban J connectivity index is 1.66. The van der Waals surface area contributed by atoms with Gasteiger partial charge in [0, 0.05) is 33.6 Å². The summed E-state index contributed by atoms with van der Waals surface area (Å²) in [7, 11) is -2.55. The molecule has 0 aliphatic rings. The highest BCUT2D eigenvalue weighted by Crippen LogP contribution is 2.32. The van der Waals surface area contributed by atoms with Gasteiger partial charge in [0.2, 0.25) is 10.0 Å². The van der Waals surface area contributed by atoms with Gasteiger partial charge < -0.3 is 19.1 Å². The van der Waals surface area contributed by atoms with Gasteiger partial charge >= 0.3 is 5.97 Å². The SMILES string of the molecule is CC#CCOc1ccc(S(=O)(=O)N[C@@H](Cc2c(C)n(Cc3ccccc3OC)c3ccc(Cl)cc23)C(=O)O)cc1. The number of para-hydroxylation sites is 1. The number of aromatic nitrogens is 1. The molecule has 1 aromatic heterocycles. The van der Waals surface area contributed by atoms with Crippen LogP contribution >= 0.6 is 11.6 Å². The molecule has 0 saturated carbocycles. The van der Waals surface area contributed by atoms with Gasteiger partial charge in [0.1, 0.15) is 24.1 Å². The standard InChI is InChI=1S/C30H29ClN2O6S/c1-4-5-16-39-23-11-13-24(14-12-23)40(36,37)32-27(30(34)35)18-25-20(2)33(28-15-10-22(31)17-26(25)28)19-21-8-6-7-9-29(21)38-3/h6-15,17,27,32H,16,18-19H2,1-3H3,(H,34,35)/t27-/m0/s1.